The lowest BCUT2D eigenvalue weighted by Gasteiger charge is -2.10. The Bertz CT molecular complexity index is 1310. The summed E-state index contributed by atoms with van der Waals surface area (Å²) >= 11 is 6.03. The molecule has 0 atom stereocenters. The van der Waals surface area contributed by atoms with Crippen LogP contribution in [0.25, 0.3) is 0 Å². The Kier molecular flexibility index (Phi) is 9.62. The van der Waals surface area contributed by atoms with E-state index in [9.17, 15) is 14.4 Å². The molecular formula is C27H26ClN3O6. The number of hydrogen-bond donors (Lipinski definition) is 2. The van der Waals surface area contributed by atoms with Gasteiger partial charge in [0.2, 0.25) is 0 Å². The largest absolute Gasteiger partial charge is 0.494 e. The molecular weight excluding hydrogens is 498 g/mol. The van der Waals surface area contributed by atoms with Crippen LogP contribution in [0.3, 0.4) is 0 Å². The first-order chi connectivity index (χ1) is 17.8. The molecule has 9 nitrogen and oxygen atoms in total. The van der Waals surface area contributed by atoms with Crippen LogP contribution in [0.2, 0.25) is 5.02 Å². The van der Waals surface area contributed by atoms with Crippen molar-refractivity contribution in [2.75, 3.05) is 19.0 Å². The molecule has 0 heterocycles. The normalized spacial score (nSPS) is 10.6. The molecule has 3 rings (SSSR count). The van der Waals surface area contributed by atoms with Crippen LogP contribution < -0.4 is 25.0 Å². The van der Waals surface area contributed by atoms with Gasteiger partial charge in [-0.25, -0.2) is 10.2 Å². The number of esters is 1. The summed E-state index contributed by atoms with van der Waals surface area (Å²) in [4.78, 5) is 36.6. The summed E-state index contributed by atoms with van der Waals surface area (Å²) in [6, 6.07) is 16.2. The van der Waals surface area contributed by atoms with Gasteiger partial charge in [0.25, 0.3) is 0 Å². The number of halogens is 1. The summed E-state index contributed by atoms with van der Waals surface area (Å²) in [6.45, 7) is 4.43. The van der Waals surface area contributed by atoms with Gasteiger partial charge in [0.1, 0.15) is 5.75 Å². The van der Waals surface area contributed by atoms with Crippen molar-refractivity contribution in [3.05, 3.63) is 82.4 Å². The summed E-state index contributed by atoms with van der Waals surface area (Å²) in [6.07, 6.45) is 2.20. The molecule has 0 saturated heterocycles. The van der Waals surface area contributed by atoms with Crippen LogP contribution in [0, 0.1) is 6.92 Å². The smallest absolute Gasteiger partial charge is 0.343 e. The van der Waals surface area contributed by atoms with Crippen LogP contribution in [0.15, 0.2) is 65.8 Å². The molecule has 0 unspecified atom stereocenters. The molecule has 0 spiro atoms. The Morgan fingerprint density at radius 2 is 1.73 bits per heavy atom. The maximum Gasteiger partial charge on any atom is 0.343 e. The van der Waals surface area contributed by atoms with Crippen molar-refractivity contribution >= 4 is 41.3 Å². The van der Waals surface area contributed by atoms with E-state index in [4.69, 9.17) is 25.8 Å². The topological polar surface area (TPSA) is 115 Å². The zero-order chi connectivity index (χ0) is 26.8. The Morgan fingerprint density at radius 1 is 0.973 bits per heavy atom. The van der Waals surface area contributed by atoms with Gasteiger partial charge < -0.3 is 19.5 Å². The van der Waals surface area contributed by atoms with Crippen molar-refractivity contribution in [3.63, 3.8) is 0 Å². The first kappa shape index (κ1) is 27.2. The molecule has 10 heteroatoms. The highest BCUT2D eigenvalue weighted by molar-refractivity contribution is 6.39. The molecule has 0 fully saturated rings. The number of anilines is 1. The fraction of sp³-hybridized carbons (Fsp3) is 0.185. The van der Waals surface area contributed by atoms with E-state index in [0.29, 0.717) is 34.2 Å². The number of nitrogens with one attached hydrogen (secondary N) is 2. The molecule has 3 aromatic carbocycles. The number of hydrazone groups is 1. The van der Waals surface area contributed by atoms with Crippen molar-refractivity contribution in [2.45, 2.75) is 20.3 Å². The number of hydrogen-bond acceptors (Lipinski definition) is 7. The van der Waals surface area contributed by atoms with E-state index in [2.05, 4.69) is 15.8 Å². The fourth-order valence-electron chi connectivity index (χ4n) is 2.99. The summed E-state index contributed by atoms with van der Waals surface area (Å²) in [5, 5.41) is 6.70. The van der Waals surface area contributed by atoms with Crippen molar-refractivity contribution in [1.29, 1.82) is 0 Å². The van der Waals surface area contributed by atoms with Crippen LogP contribution in [-0.4, -0.2) is 37.7 Å². The van der Waals surface area contributed by atoms with Gasteiger partial charge >= 0.3 is 17.8 Å². The maximum absolute atomic E-state index is 12.5. The zero-order valence-electron chi connectivity index (χ0n) is 20.5. The molecule has 0 saturated carbocycles. The minimum atomic E-state index is -0.962. The third kappa shape index (κ3) is 7.81. The molecule has 0 aliphatic carbocycles. The average molecular weight is 524 g/mol. The van der Waals surface area contributed by atoms with E-state index in [1.165, 1.54) is 19.4 Å². The Morgan fingerprint density at radius 3 is 2.41 bits per heavy atom. The number of amides is 2. The summed E-state index contributed by atoms with van der Waals surface area (Å²) < 4.78 is 16.3. The first-order valence-electron chi connectivity index (χ1n) is 11.3. The molecule has 2 amide bonds. The summed E-state index contributed by atoms with van der Waals surface area (Å²) in [5.74, 6) is -1.27. The predicted molar refractivity (Wildman–Crippen MR) is 141 cm³/mol. The number of ether oxygens (including phenoxy) is 3. The van der Waals surface area contributed by atoms with Crippen molar-refractivity contribution in [1.82, 2.24) is 5.43 Å². The van der Waals surface area contributed by atoms with Crippen LogP contribution in [-0.2, 0) is 9.59 Å². The quantitative estimate of drug-likeness (QED) is 0.137. The number of rotatable bonds is 9. The lowest BCUT2D eigenvalue weighted by molar-refractivity contribution is -0.136. The highest BCUT2D eigenvalue weighted by Crippen LogP contribution is 2.28. The Hall–Kier alpha value is -4.37. The van der Waals surface area contributed by atoms with Crippen molar-refractivity contribution in [3.8, 4) is 17.2 Å². The second kappa shape index (κ2) is 13.1. The maximum atomic E-state index is 12.5. The summed E-state index contributed by atoms with van der Waals surface area (Å²) in [5.41, 5.74) is 4.26. The average Bonchev–Trinajstić information content (AvgIpc) is 2.90. The minimum absolute atomic E-state index is 0.205. The number of aryl methyl sites for hydroxylation is 1. The van der Waals surface area contributed by atoms with Crippen molar-refractivity contribution in [2.24, 2.45) is 5.10 Å². The molecule has 0 bridgehead atoms. The molecule has 37 heavy (non-hydrogen) atoms. The number of carbonyl (C=O) groups is 3. The van der Waals surface area contributed by atoms with E-state index in [0.717, 1.165) is 12.0 Å². The van der Waals surface area contributed by atoms with Gasteiger partial charge in [-0.3, -0.25) is 9.59 Å². The van der Waals surface area contributed by atoms with E-state index in [1.54, 1.807) is 54.6 Å². The standard InChI is InChI=1S/C27H26ClN3O6/c1-4-13-36-21-10-7-19(8-11-21)27(34)37-23-12-6-18(14-24(23)35-3)16-29-31-26(33)25(32)30-20-9-5-17(2)22(28)15-20/h5-12,14-16H,4,13H2,1-3H3,(H,30,32)(H,31,33). The third-order valence-corrected chi connectivity index (χ3v) is 5.38. The van der Waals surface area contributed by atoms with Crippen LogP contribution in [0.1, 0.15) is 34.8 Å². The number of benzene rings is 3. The van der Waals surface area contributed by atoms with Gasteiger partial charge in [-0.05, 0) is 79.1 Å². The van der Waals surface area contributed by atoms with Crippen LogP contribution in [0.5, 0.6) is 17.2 Å². The van der Waals surface area contributed by atoms with Gasteiger partial charge in [-0.15, -0.1) is 0 Å². The van der Waals surface area contributed by atoms with Gasteiger partial charge in [-0.1, -0.05) is 24.6 Å². The van der Waals surface area contributed by atoms with E-state index in [1.807, 2.05) is 13.8 Å². The van der Waals surface area contributed by atoms with Crippen molar-refractivity contribution < 1.29 is 28.6 Å². The Balaban J connectivity index is 1.58. The minimum Gasteiger partial charge on any atom is -0.494 e. The first-order valence-corrected chi connectivity index (χ1v) is 11.7. The Labute approximate surface area is 219 Å². The molecule has 0 aromatic heterocycles. The van der Waals surface area contributed by atoms with Gasteiger partial charge in [0.15, 0.2) is 11.5 Å². The molecule has 0 aliphatic heterocycles. The van der Waals surface area contributed by atoms with Gasteiger partial charge in [-0.2, -0.15) is 5.10 Å². The van der Waals surface area contributed by atoms with E-state index in [-0.39, 0.29) is 11.5 Å². The number of carbonyl (C=O) groups excluding carboxylic acids is 3. The summed E-state index contributed by atoms with van der Waals surface area (Å²) in [7, 11) is 1.43. The predicted octanol–water partition coefficient (Wildman–Crippen LogP) is 4.75. The molecule has 0 radical (unpaired) electrons. The highest BCUT2D eigenvalue weighted by Gasteiger charge is 2.15. The van der Waals surface area contributed by atoms with Crippen LogP contribution in [0.4, 0.5) is 5.69 Å². The number of methoxy groups -OCH3 is 1. The van der Waals surface area contributed by atoms with Gasteiger partial charge in [0.05, 0.1) is 25.5 Å². The molecule has 3 aromatic rings. The number of nitrogens with zero attached hydrogens (tertiary/aromatic N) is 1. The van der Waals surface area contributed by atoms with E-state index >= 15 is 0 Å². The monoisotopic (exact) mass is 523 g/mol. The SMILES string of the molecule is CCCOc1ccc(C(=O)Oc2ccc(C=NNC(=O)C(=O)Nc3ccc(C)c(Cl)c3)cc2OC)cc1. The zero-order valence-corrected chi connectivity index (χ0v) is 21.3. The second-order valence-corrected chi connectivity index (χ2v) is 8.20. The van der Waals surface area contributed by atoms with E-state index < -0.39 is 17.8 Å². The molecule has 0 aliphatic rings. The second-order valence-electron chi connectivity index (χ2n) is 7.79. The fourth-order valence-corrected chi connectivity index (χ4v) is 3.17. The van der Waals surface area contributed by atoms with Crippen LogP contribution >= 0.6 is 11.6 Å². The molecule has 2 N–H and O–H groups in total. The third-order valence-electron chi connectivity index (χ3n) is 4.97. The van der Waals surface area contributed by atoms with Gasteiger partial charge in [0, 0.05) is 10.7 Å². The lowest BCUT2D eigenvalue weighted by Crippen LogP contribution is -2.32. The molecule has 192 valence electrons. The highest BCUT2D eigenvalue weighted by atomic mass is 35.5. The lowest BCUT2D eigenvalue weighted by atomic mass is 10.2.